The average molecular weight is 339 g/mol. The lowest BCUT2D eigenvalue weighted by atomic mass is 10.1. The maximum atomic E-state index is 10.9. The number of benzene rings is 1. The molecule has 0 saturated carbocycles. The van der Waals surface area contributed by atoms with E-state index in [1.807, 2.05) is 6.07 Å². The highest BCUT2D eigenvalue weighted by atomic mass is 16.6. The molecule has 0 aliphatic rings. The van der Waals surface area contributed by atoms with Gasteiger partial charge >= 0.3 is 0 Å². The van der Waals surface area contributed by atoms with Crippen molar-refractivity contribution in [3.8, 4) is 6.07 Å². The number of aromatic nitrogens is 3. The zero-order chi connectivity index (χ0) is 18.0. The van der Waals surface area contributed by atoms with Crippen LogP contribution in [-0.4, -0.2) is 34.1 Å². The fraction of sp³-hybridized carbons (Fsp3) is 0.200. The smallest absolute Gasteiger partial charge is 0.270 e. The van der Waals surface area contributed by atoms with E-state index >= 15 is 0 Å². The minimum Gasteiger partial charge on any atom is -0.361 e. The summed E-state index contributed by atoms with van der Waals surface area (Å²) in [5, 5.41) is 27.4. The fourth-order valence-corrected chi connectivity index (χ4v) is 2.18. The molecular formula is C15H13N7O3. The van der Waals surface area contributed by atoms with Crippen LogP contribution in [0.15, 0.2) is 28.8 Å². The normalized spacial score (nSPS) is 10.4. The summed E-state index contributed by atoms with van der Waals surface area (Å²) in [6, 6.07) is 7.75. The van der Waals surface area contributed by atoms with Crippen LogP contribution in [0.5, 0.6) is 0 Å². The van der Waals surface area contributed by atoms with Gasteiger partial charge in [-0.1, -0.05) is 0 Å². The minimum absolute atomic E-state index is 0.0893. The monoisotopic (exact) mass is 339 g/mol. The summed E-state index contributed by atoms with van der Waals surface area (Å²) in [4.78, 5) is 20.6. The van der Waals surface area contributed by atoms with E-state index in [0.29, 0.717) is 28.6 Å². The fourth-order valence-electron chi connectivity index (χ4n) is 2.18. The van der Waals surface area contributed by atoms with Gasteiger partial charge in [-0.05, 0) is 17.3 Å². The molecule has 0 bridgehead atoms. The maximum Gasteiger partial charge on any atom is 0.270 e. The van der Waals surface area contributed by atoms with Gasteiger partial charge in [0.15, 0.2) is 0 Å². The summed E-state index contributed by atoms with van der Waals surface area (Å²) < 4.78 is 5.10. The number of nitrogens with zero attached hydrogens (tertiary/aromatic N) is 6. The quantitative estimate of drug-likeness (QED) is 0.547. The van der Waals surface area contributed by atoms with E-state index in [-0.39, 0.29) is 17.8 Å². The van der Waals surface area contributed by atoms with E-state index in [1.54, 1.807) is 19.0 Å². The number of nitro benzene ring substituents is 1. The maximum absolute atomic E-state index is 10.9. The number of non-ortho nitro benzene ring substituents is 1. The SMILES string of the molecule is CN(C)c1noc(CNc2cc(C#N)c3cc([N+](=O)[O-])ccc3n2)n1. The molecule has 1 N–H and O–H groups in total. The third kappa shape index (κ3) is 3.30. The van der Waals surface area contributed by atoms with Crippen LogP contribution >= 0.6 is 0 Å². The van der Waals surface area contributed by atoms with Crippen molar-refractivity contribution in [3.63, 3.8) is 0 Å². The first-order chi connectivity index (χ1) is 12.0. The molecule has 0 fully saturated rings. The van der Waals surface area contributed by atoms with Crippen LogP contribution in [0, 0.1) is 21.4 Å². The van der Waals surface area contributed by atoms with Gasteiger partial charge in [-0.2, -0.15) is 10.2 Å². The summed E-state index contributed by atoms with van der Waals surface area (Å²) in [7, 11) is 3.59. The number of fused-ring (bicyclic) bond motifs is 1. The lowest BCUT2D eigenvalue weighted by Gasteiger charge is -2.06. The highest BCUT2D eigenvalue weighted by Gasteiger charge is 2.13. The molecule has 2 heterocycles. The van der Waals surface area contributed by atoms with Crippen LogP contribution in [0.4, 0.5) is 17.5 Å². The van der Waals surface area contributed by atoms with Gasteiger partial charge in [-0.25, -0.2) is 4.98 Å². The Labute approximate surface area is 141 Å². The Morgan fingerprint density at radius 3 is 2.80 bits per heavy atom. The van der Waals surface area contributed by atoms with Gasteiger partial charge in [0, 0.05) is 31.6 Å². The van der Waals surface area contributed by atoms with Crippen LogP contribution in [-0.2, 0) is 6.54 Å². The molecular weight excluding hydrogens is 326 g/mol. The van der Waals surface area contributed by atoms with Crippen molar-refractivity contribution >= 4 is 28.4 Å². The molecule has 0 amide bonds. The molecule has 25 heavy (non-hydrogen) atoms. The molecule has 0 aliphatic carbocycles. The molecule has 0 unspecified atom stereocenters. The molecule has 10 nitrogen and oxygen atoms in total. The number of hydrogen-bond acceptors (Lipinski definition) is 9. The molecule has 0 atom stereocenters. The average Bonchev–Trinajstić information content (AvgIpc) is 3.08. The second kappa shape index (κ2) is 6.40. The van der Waals surface area contributed by atoms with Crippen molar-refractivity contribution < 1.29 is 9.45 Å². The molecule has 1 aromatic carbocycles. The van der Waals surface area contributed by atoms with Crippen LogP contribution in [0.25, 0.3) is 10.9 Å². The van der Waals surface area contributed by atoms with Crippen LogP contribution in [0.1, 0.15) is 11.5 Å². The van der Waals surface area contributed by atoms with E-state index in [0.717, 1.165) is 0 Å². The standard InChI is InChI=1S/C15H13N7O3/c1-21(2)15-19-14(25-20-15)8-17-13-5-9(7-16)11-6-10(22(23)24)3-4-12(11)18-13/h3-6H,8H2,1-2H3,(H,17,18). The van der Waals surface area contributed by atoms with Crippen LogP contribution in [0.3, 0.4) is 0 Å². The zero-order valence-electron chi connectivity index (χ0n) is 13.4. The van der Waals surface area contributed by atoms with Gasteiger partial charge in [0.05, 0.1) is 28.6 Å². The number of hydrogen-bond donors (Lipinski definition) is 1. The Morgan fingerprint density at radius 1 is 1.36 bits per heavy atom. The highest BCUT2D eigenvalue weighted by molar-refractivity contribution is 5.88. The summed E-state index contributed by atoms with van der Waals surface area (Å²) in [6.07, 6.45) is 0. The Bertz CT molecular complexity index is 990. The molecule has 0 spiro atoms. The first-order valence-corrected chi connectivity index (χ1v) is 7.21. The highest BCUT2D eigenvalue weighted by Crippen LogP contribution is 2.25. The third-order valence-corrected chi connectivity index (χ3v) is 3.40. The summed E-state index contributed by atoms with van der Waals surface area (Å²) in [5.74, 6) is 1.25. The van der Waals surface area contributed by atoms with Gasteiger partial charge in [0.25, 0.3) is 11.6 Å². The van der Waals surface area contributed by atoms with Crippen LogP contribution in [0.2, 0.25) is 0 Å². The number of nitriles is 1. The van der Waals surface area contributed by atoms with E-state index in [9.17, 15) is 15.4 Å². The van der Waals surface area contributed by atoms with Crippen molar-refractivity contribution in [1.82, 2.24) is 15.1 Å². The first kappa shape index (κ1) is 16.1. The van der Waals surface area contributed by atoms with E-state index in [2.05, 4.69) is 20.4 Å². The van der Waals surface area contributed by atoms with Crippen molar-refractivity contribution in [1.29, 1.82) is 5.26 Å². The first-order valence-electron chi connectivity index (χ1n) is 7.21. The van der Waals surface area contributed by atoms with Crippen molar-refractivity contribution in [2.24, 2.45) is 0 Å². The predicted molar refractivity (Wildman–Crippen MR) is 89.1 cm³/mol. The Hall–Kier alpha value is -3.74. The van der Waals surface area contributed by atoms with Crippen molar-refractivity contribution in [2.75, 3.05) is 24.3 Å². The summed E-state index contributed by atoms with van der Waals surface area (Å²) >= 11 is 0. The van der Waals surface area contributed by atoms with E-state index < -0.39 is 4.92 Å². The molecule has 3 rings (SSSR count). The molecule has 126 valence electrons. The van der Waals surface area contributed by atoms with E-state index in [1.165, 1.54) is 24.3 Å². The Balaban J connectivity index is 1.88. The lowest BCUT2D eigenvalue weighted by molar-refractivity contribution is -0.384. The molecule has 0 radical (unpaired) electrons. The van der Waals surface area contributed by atoms with Gasteiger partial charge < -0.3 is 14.7 Å². The van der Waals surface area contributed by atoms with Gasteiger partial charge in [-0.15, -0.1) is 0 Å². The second-order valence-electron chi connectivity index (χ2n) is 5.36. The summed E-state index contributed by atoms with van der Waals surface area (Å²) in [5.41, 5.74) is 0.677. The van der Waals surface area contributed by atoms with Crippen molar-refractivity contribution in [2.45, 2.75) is 6.54 Å². The molecule has 0 aliphatic heterocycles. The lowest BCUT2D eigenvalue weighted by Crippen LogP contribution is -2.10. The topological polar surface area (TPSA) is 134 Å². The summed E-state index contributed by atoms with van der Waals surface area (Å²) in [6.45, 7) is 0.233. The molecule has 2 aromatic heterocycles. The second-order valence-corrected chi connectivity index (χ2v) is 5.36. The van der Waals surface area contributed by atoms with Crippen LogP contribution < -0.4 is 10.2 Å². The molecule has 0 saturated heterocycles. The Morgan fingerprint density at radius 2 is 2.16 bits per heavy atom. The third-order valence-electron chi connectivity index (χ3n) is 3.40. The predicted octanol–water partition coefficient (Wildman–Crippen LogP) is 2.08. The minimum atomic E-state index is -0.509. The zero-order valence-corrected chi connectivity index (χ0v) is 13.4. The van der Waals surface area contributed by atoms with Gasteiger partial charge in [0.1, 0.15) is 5.82 Å². The van der Waals surface area contributed by atoms with Crippen molar-refractivity contribution in [3.05, 3.63) is 45.8 Å². The number of nitro groups is 1. The largest absolute Gasteiger partial charge is 0.361 e. The van der Waals surface area contributed by atoms with Gasteiger partial charge in [-0.3, -0.25) is 10.1 Å². The number of rotatable bonds is 5. The van der Waals surface area contributed by atoms with Gasteiger partial charge in [0.2, 0.25) is 5.89 Å². The number of pyridine rings is 1. The molecule has 10 heteroatoms. The number of anilines is 2. The van der Waals surface area contributed by atoms with E-state index in [4.69, 9.17) is 4.52 Å². The molecule has 3 aromatic rings. The Kier molecular flexibility index (Phi) is 4.13. The number of nitrogens with one attached hydrogen (secondary N) is 1.